The highest BCUT2D eigenvalue weighted by Crippen LogP contribution is 2.43. The van der Waals surface area contributed by atoms with Crippen molar-refractivity contribution in [1.29, 1.82) is 0 Å². The molecule has 0 bridgehead atoms. The summed E-state index contributed by atoms with van der Waals surface area (Å²) in [5, 5.41) is 3.79. The van der Waals surface area contributed by atoms with Gasteiger partial charge in [-0.2, -0.15) is 0 Å². The monoisotopic (exact) mass is 484 g/mol. The standard InChI is InChI=1S/C22H37FN4O3SSi/c1-15(26-31(28)20(2,3)4)18-11-17(23)10-16-12-22(13-25-27-24,30-19(16)18)14-29-32(8,9)21(5,6)7/h10-11,15,26H,12-14H2,1-9H3/t15?,22?,31-/m1/s1. The molecular weight excluding hydrogens is 447 g/mol. The quantitative estimate of drug-likeness (QED) is 0.162. The lowest BCUT2D eigenvalue weighted by Crippen LogP contribution is -2.49. The molecule has 0 saturated heterocycles. The predicted molar refractivity (Wildman–Crippen MR) is 130 cm³/mol. The van der Waals surface area contributed by atoms with Crippen molar-refractivity contribution in [1.82, 2.24) is 4.72 Å². The van der Waals surface area contributed by atoms with Gasteiger partial charge in [0, 0.05) is 33.8 Å². The van der Waals surface area contributed by atoms with Crippen LogP contribution in [0, 0.1) is 5.82 Å². The summed E-state index contributed by atoms with van der Waals surface area (Å²) in [7, 11) is -2.09. The molecular formula is C22H37FN4O3SSi. The SMILES string of the molecule is CC(N[S@+]([O-])C(C)(C)C)c1cc(F)cc2c1OC(CN=[N+]=[N-])(CO[Si](C)(C)C(C)(C)C)C2. The van der Waals surface area contributed by atoms with Crippen LogP contribution in [0.4, 0.5) is 4.39 Å². The second-order valence-corrected chi connectivity index (χ2v) is 17.9. The molecule has 0 amide bonds. The van der Waals surface area contributed by atoms with Crippen LogP contribution in [-0.4, -0.2) is 36.4 Å². The molecule has 0 spiro atoms. The van der Waals surface area contributed by atoms with E-state index in [0.717, 1.165) is 0 Å². The lowest BCUT2D eigenvalue weighted by atomic mass is 9.96. The number of nitrogens with zero attached hydrogens (tertiary/aromatic N) is 3. The summed E-state index contributed by atoms with van der Waals surface area (Å²) in [6.07, 6.45) is 0.371. The molecule has 3 atom stereocenters. The number of nitrogens with one attached hydrogen (secondary N) is 1. The Morgan fingerprint density at radius 3 is 2.50 bits per heavy atom. The molecule has 0 aliphatic carbocycles. The number of benzene rings is 1. The summed E-state index contributed by atoms with van der Waals surface area (Å²) in [6.45, 7) is 18.5. The van der Waals surface area contributed by atoms with Gasteiger partial charge in [0.25, 0.3) is 0 Å². The third-order valence-corrected chi connectivity index (χ3v) is 12.4. The van der Waals surface area contributed by atoms with Crippen LogP contribution in [0.1, 0.15) is 65.6 Å². The van der Waals surface area contributed by atoms with Gasteiger partial charge >= 0.3 is 0 Å². The third kappa shape index (κ3) is 6.18. The Bertz CT molecular complexity index is 881. The number of fused-ring (bicyclic) bond motifs is 1. The highest BCUT2D eigenvalue weighted by atomic mass is 32.2. The van der Waals surface area contributed by atoms with Crippen molar-refractivity contribution in [2.45, 2.75) is 89.4 Å². The van der Waals surface area contributed by atoms with Crippen LogP contribution in [0.3, 0.4) is 0 Å². The summed E-state index contributed by atoms with van der Waals surface area (Å²) in [4.78, 5) is 2.92. The Balaban J connectivity index is 2.37. The summed E-state index contributed by atoms with van der Waals surface area (Å²) in [5.41, 5.74) is 9.32. The molecule has 1 aromatic rings. The molecule has 0 aromatic heterocycles. The van der Waals surface area contributed by atoms with Crippen molar-refractivity contribution in [3.05, 3.63) is 39.5 Å². The zero-order valence-electron chi connectivity index (χ0n) is 20.7. The first-order chi connectivity index (χ1) is 14.5. The van der Waals surface area contributed by atoms with E-state index in [0.29, 0.717) is 23.3 Å². The fraction of sp³-hybridized carbons (Fsp3) is 0.727. The molecule has 0 fully saturated rings. The van der Waals surface area contributed by atoms with Crippen molar-refractivity contribution in [2.24, 2.45) is 5.11 Å². The maximum Gasteiger partial charge on any atom is 0.192 e. The Kier molecular flexibility index (Phi) is 8.02. The van der Waals surface area contributed by atoms with Crippen molar-refractivity contribution in [2.75, 3.05) is 13.2 Å². The highest BCUT2D eigenvalue weighted by molar-refractivity contribution is 7.90. The second-order valence-electron chi connectivity index (χ2n) is 11.1. The van der Waals surface area contributed by atoms with E-state index in [2.05, 4.69) is 48.6 Å². The molecule has 1 heterocycles. The molecule has 7 nitrogen and oxygen atoms in total. The van der Waals surface area contributed by atoms with Gasteiger partial charge in [0.05, 0.1) is 19.2 Å². The average molecular weight is 485 g/mol. The normalized spacial score (nSPS) is 20.8. The fourth-order valence-corrected chi connectivity index (χ4v) is 5.01. The molecule has 0 saturated carbocycles. The van der Waals surface area contributed by atoms with Crippen molar-refractivity contribution < 1.29 is 18.1 Å². The van der Waals surface area contributed by atoms with Gasteiger partial charge in [0.2, 0.25) is 0 Å². The smallest absolute Gasteiger partial charge is 0.192 e. The van der Waals surface area contributed by atoms with Crippen molar-refractivity contribution >= 4 is 19.7 Å². The molecule has 1 N–H and O–H groups in total. The van der Waals surface area contributed by atoms with Gasteiger partial charge in [-0.05, 0) is 63.5 Å². The molecule has 1 aliphatic rings. The van der Waals surface area contributed by atoms with Crippen LogP contribution < -0.4 is 9.46 Å². The second kappa shape index (κ2) is 9.52. The zero-order valence-corrected chi connectivity index (χ0v) is 22.5. The fourth-order valence-electron chi connectivity index (χ4n) is 3.15. The first-order valence-corrected chi connectivity index (χ1v) is 14.9. The van der Waals surface area contributed by atoms with E-state index in [1.165, 1.54) is 12.1 Å². The van der Waals surface area contributed by atoms with Crippen LogP contribution in [0.15, 0.2) is 17.2 Å². The molecule has 10 heteroatoms. The average Bonchev–Trinajstić information content (AvgIpc) is 3.01. The summed E-state index contributed by atoms with van der Waals surface area (Å²) in [5.74, 6) is 0.159. The van der Waals surface area contributed by atoms with Crippen LogP contribution >= 0.6 is 0 Å². The Hall–Kier alpha value is -1.29. The van der Waals surface area contributed by atoms with Crippen molar-refractivity contribution in [3.63, 3.8) is 0 Å². The number of azide groups is 1. The number of hydrogen-bond acceptors (Lipinski definition) is 5. The number of rotatable bonds is 8. The Morgan fingerprint density at radius 2 is 1.97 bits per heavy atom. The third-order valence-electron chi connectivity index (χ3n) is 6.22. The van der Waals surface area contributed by atoms with Crippen LogP contribution in [0.2, 0.25) is 18.1 Å². The van der Waals surface area contributed by atoms with E-state index in [9.17, 15) is 8.94 Å². The van der Waals surface area contributed by atoms with Gasteiger partial charge in [-0.15, -0.1) is 4.72 Å². The topological polar surface area (TPSA) is 102 Å². The number of halogens is 1. The molecule has 180 valence electrons. The van der Waals surface area contributed by atoms with Crippen LogP contribution in [0.5, 0.6) is 5.75 Å². The molecule has 2 unspecified atom stereocenters. The lowest BCUT2D eigenvalue weighted by Gasteiger charge is -2.39. The Morgan fingerprint density at radius 1 is 1.34 bits per heavy atom. The van der Waals surface area contributed by atoms with Gasteiger partial charge in [-0.1, -0.05) is 25.9 Å². The van der Waals surface area contributed by atoms with Gasteiger partial charge in [-0.25, -0.2) is 4.39 Å². The maximum atomic E-state index is 14.5. The van der Waals surface area contributed by atoms with E-state index in [1.54, 1.807) is 0 Å². The minimum atomic E-state index is -2.09. The number of hydrogen-bond donors (Lipinski definition) is 1. The molecule has 1 aliphatic heterocycles. The largest absolute Gasteiger partial charge is 0.598 e. The van der Waals surface area contributed by atoms with E-state index in [-0.39, 0.29) is 24.0 Å². The molecule has 1 aromatic carbocycles. The highest BCUT2D eigenvalue weighted by Gasteiger charge is 2.45. The molecule has 32 heavy (non-hydrogen) atoms. The first kappa shape index (κ1) is 27.0. The van der Waals surface area contributed by atoms with Crippen molar-refractivity contribution in [3.8, 4) is 5.75 Å². The molecule has 0 radical (unpaired) electrons. The van der Waals surface area contributed by atoms with Gasteiger partial charge in [0.15, 0.2) is 8.32 Å². The summed E-state index contributed by atoms with van der Waals surface area (Å²) in [6, 6.07) is 2.46. The van der Waals surface area contributed by atoms with Crippen LogP contribution in [-0.2, 0) is 22.2 Å². The first-order valence-electron chi connectivity index (χ1n) is 10.9. The zero-order chi connectivity index (χ0) is 24.5. The Labute approximate surface area is 195 Å². The van der Waals surface area contributed by atoms with E-state index >= 15 is 0 Å². The van der Waals surface area contributed by atoms with Crippen LogP contribution in [0.25, 0.3) is 10.4 Å². The maximum absolute atomic E-state index is 14.5. The van der Waals surface area contributed by atoms with E-state index in [4.69, 9.17) is 14.7 Å². The van der Waals surface area contributed by atoms with Gasteiger partial charge < -0.3 is 13.7 Å². The predicted octanol–water partition coefficient (Wildman–Crippen LogP) is 5.94. The van der Waals surface area contributed by atoms with Gasteiger partial charge in [-0.3, -0.25) is 0 Å². The van der Waals surface area contributed by atoms with E-state index < -0.39 is 36.1 Å². The minimum absolute atomic E-state index is 0.00483. The van der Waals surface area contributed by atoms with Gasteiger partial charge in [0.1, 0.15) is 21.9 Å². The van der Waals surface area contributed by atoms with E-state index in [1.807, 2.05) is 27.7 Å². The lowest BCUT2D eigenvalue weighted by molar-refractivity contribution is 0.0400. The summed E-state index contributed by atoms with van der Waals surface area (Å²) >= 11 is -1.33. The number of ether oxygens (including phenoxy) is 1. The minimum Gasteiger partial charge on any atom is -0.598 e. The summed E-state index contributed by atoms with van der Waals surface area (Å²) < 4.78 is 42.5. The molecule has 2 rings (SSSR count).